The van der Waals surface area contributed by atoms with Gasteiger partial charge in [0.1, 0.15) is 5.69 Å². The van der Waals surface area contributed by atoms with Crippen LogP contribution in [0, 0.1) is 6.92 Å². The third-order valence-corrected chi connectivity index (χ3v) is 4.81. The van der Waals surface area contributed by atoms with Gasteiger partial charge in [0, 0.05) is 36.3 Å². The minimum absolute atomic E-state index is 0.0176. The second kappa shape index (κ2) is 8.20. The largest absolute Gasteiger partial charge is 0.354 e. The van der Waals surface area contributed by atoms with Crippen molar-refractivity contribution in [3.63, 3.8) is 0 Å². The highest BCUT2D eigenvalue weighted by Crippen LogP contribution is 2.26. The molecule has 0 aliphatic heterocycles. The fraction of sp³-hybridized carbons (Fsp3) is 0.381. The first-order valence-corrected chi connectivity index (χ1v) is 9.41. The van der Waals surface area contributed by atoms with Gasteiger partial charge in [0.15, 0.2) is 5.78 Å². The van der Waals surface area contributed by atoms with Crippen molar-refractivity contribution in [1.29, 1.82) is 0 Å². The Morgan fingerprint density at radius 3 is 2.78 bits per heavy atom. The fourth-order valence-corrected chi connectivity index (χ4v) is 3.48. The summed E-state index contributed by atoms with van der Waals surface area (Å²) in [5, 5.41) is 5.75. The predicted octanol–water partition coefficient (Wildman–Crippen LogP) is 3.51. The molecule has 1 heterocycles. The highest BCUT2D eigenvalue weighted by atomic mass is 16.2. The molecule has 0 atom stereocenters. The van der Waals surface area contributed by atoms with Crippen LogP contribution < -0.4 is 10.6 Å². The Bertz CT molecular complexity index is 883. The molecule has 0 bridgehead atoms. The van der Waals surface area contributed by atoms with E-state index < -0.39 is 0 Å². The van der Waals surface area contributed by atoms with Crippen LogP contribution in [0.2, 0.25) is 0 Å². The Kier molecular flexibility index (Phi) is 5.74. The van der Waals surface area contributed by atoms with Crippen LogP contribution in [0.5, 0.6) is 0 Å². The first-order chi connectivity index (χ1) is 13.0. The van der Waals surface area contributed by atoms with E-state index >= 15 is 0 Å². The van der Waals surface area contributed by atoms with Crippen molar-refractivity contribution in [2.24, 2.45) is 0 Å². The van der Waals surface area contributed by atoms with E-state index in [1.165, 1.54) is 0 Å². The van der Waals surface area contributed by atoms with Gasteiger partial charge in [-0.3, -0.25) is 14.4 Å². The zero-order valence-corrected chi connectivity index (χ0v) is 15.8. The number of rotatable bonds is 6. The number of nitrogens with one attached hydrogen (secondary N) is 3. The summed E-state index contributed by atoms with van der Waals surface area (Å²) in [6.07, 6.45) is 3.45. The average Bonchev–Trinajstić information content (AvgIpc) is 2.98. The van der Waals surface area contributed by atoms with E-state index in [0.717, 1.165) is 41.8 Å². The lowest BCUT2D eigenvalue weighted by molar-refractivity contribution is -0.116. The Morgan fingerprint density at radius 2 is 2.04 bits per heavy atom. The minimum atomic E-state index is -0.227. The maximum atomic E-state index is 12.6. The first-order valence-electron chi connectivity index (χ1n) is 9.41. The standard InChI is InChI=1S/C21H25N3O3/c1-3-6-18(26)23-15-8-4-7-14(11-15)12-22-21(27)20-13(2)19-16(24-20)9-5-10-17(19)25/h4,7-8,11,24H,3,5-6,9-10,12H2,1-2H3,(H,22,27)(H,23,26). The number of benzene rings is 1. The summed E-state index contributed by atoms with van der Waals surface area (Å²) in [5.74, 6) is -0.134. The molecular formula is C21H25N3O3. The number of carbonyl (C=O) groups excluding carboxylic acids is 3. The van der Waals surface area contributed by atoms with Crippen molar-refractivity contribution < 1.29 is 14.4 Å². The number of aryl methyl sites for hydroxylation is 1. The Hall–Kier alpha value is -2.89. The Balaban J connectivity index is 1.66. The van der Waals surface area contributed by atoms with Gasteiger partial charge in [0.2, 0.25) is 5.91 Å². The summed E-state index contributed by atoms with van der Waals surface area (Å²) in [6, 6.07) is 7.42. The molecule has 0 spiro atoms. The third kappa shape index (κ3) is 4.27. The molecule has 0 fully saturated rings. The highest BCUT2D eigenvalue weighted by Gasteiger charge is 2.26. The number of aromatic amines is 1. The van der Waals surface area contributed by atoms with Crippen molar-refractivity contribution in [3.8, 4) is 0 Å². The van der Waals surface area contributed by atoms with Gasteiger partial charge in [0.25, 0.3) is 5.91 Å². The summed E-state index contributed by atoms with van der Waals surface area (Å²) in [7, 11) is 0. The van der Waals surface area contributed by atoms with Crippen molar-refractivity contribution in [2.45, 2.75) is 52.5 Å². The second-order valence-electron chi connectivity index (χ2n) is 6.94. The average molecular weight is 367 g/mol. The van der Waals surface area contributed by atoms with Gasteiger partial charge in [-0.25, -0.2) is 0 Å². The number of fused-ring (bicyclic) bond motifs is 1. The van der Waals surface area contributed by atoms with Crippen LogP contribution in [0.25, 0.3) is 0 Å². The van der Waals surface area contributed by atoms with Gasteiger partial charge < -0.3 is 15.6 Å². The van der Waals surface area contributed by atoms with Crippen LogP contribution in [0.15, 0.2) is 24.3 Å². The molecule has 1 aromatic heterocycles. The number of aromatic nitrogens is 1. The van der Waals surface area contributed by atoms with Gasteiger partial charge in [-0.2, -0.15) is 0 Å². The van der Waals surface area contributed by atoms with Crippen molar-refractivity contribution in [3.05, 3.63) is 52.3 Å². The molecule has 1 aliphatic carbocycles. The van der Waals surface area contributed by atoms with Crippen LogP contribution in [0.3, 0.4) is 0 Å². The zero-order valence-electron chi connectivity index (χ0n) is 15.8. The lowest BCUT2D eigenvalue weighted by Crippen LogP contribution is -2.24. The van der Waals surface area contributed by atoms with E-state index in [4.69, 9.17) is 0 Å². The van der Waals surface area contributed by atoms with E-state index in [-0.39, 0.29) is 17.6 Å². The molecule has 0 saturated heterocycles. The number of H-pyrrole nitrogens is 1. The molecular weight excluding hydrogens is 342 g/mol. The maximum absolute atomic E-state index is 12.6. The maximum Gasteiger partial charge on any atom is 0.268 e. The number of ketones is 1. The van der Waals surface area contributed by atoms with Gasteiger partial charge in [-0.1, -0.05) is 19.1 Å². The molecule has 142 valence electrons. The summed E-state index contributed by atoms with van der Waals surface area (Å²) in [6.45, 7) is 4.12. The van der Waals surface area contributed by atoms with Crippen molar-refractivity contribution in [2.75, 3.05) is 5.32 Å². The molecule has 2 amide bonds. The quantitative estimate of drug-likeness (QED) is 0.730. The van der Waals surface area contributed by atoms with Gasteiger partial charge >= 0.3 is 0 Å². The number of hydrogen-bond donors (Lipinski definition) is 3. The van der Waals surface area contributed by atoms with E-state index in [1.807, 2.05) is 38.1 Å². The molecule has 1 aromatic carbocycles. The van der Waals surface area contributed by atoms with Crippen molar-refractivity contribution >= 4 is 23.3 Å². The number of hydrogen-bond acceptors (Lipinski definition) is 3. The smallest absolute Gasteiger partial charge is 0.268 e. The summed E-state index contributed by atoms with van der Waals surface area (Å²) < 4.78 is 0. The molecule has 0 unspecified atom stereocenters. The number of amides is 2. The zero-order chi connectivity index (χ0) is 19.4. The number of anilines is 1. The molecule has 2 aromatic rings. The van der Waals surface area contributed by atoms with Crippen LogP contribution in [-0.4, -0.2) is 22.6 Å². The summed E-state index contributed by atoms with van der Waals surface area (Å²) >= 11 is 0. The summed E-state index contributed by atoms with van der Waals surface area (Å²) in [5.41, 5.74) is 4.36. The van der Waals surface area contributed by atoms with Crippen LogP contribution >= 0.6 is 0 Å². The molecule has 0 saturated carbocycles. The summed E-state index contributed by atoms with van der Waals surface area (Å²) in [4.78, 5) is 39.5. The first kappa shape index (κ1) is 18.9. The molecule has 0 radical (unpaired) electrons. The van der Waals surface area contributed by atoms with Gasteiger partial charge in [-0.05, 0) is 49.4 Å². The predicted molar refractivity (Wildman–Crippen MR) is 104 cm³/mol. The van der Waals surface area contributed by atoms with Crippen molar-refractivity contribution in [1.82, 2.24) is 10.3 Å². The van der Waals surface area contributed by atoms with Gasteiger partial charge in [0.05, 0.1) is 0 Å². The van der Waals surface area contributed by atoms with E-state index in [9.17, 15) is 14.4 Å². The molecule has 6 nitrogen and oxygen atoms in total. The van der Waals surface area contributed by atoms with Crippen LogP contribution in [-0.2, 0) is 17.8 Å². The molecule has 27 heavy (non-hydrogen) atoms. The third-order valence-electron chi connectivity index (χ3n) is 4.81. The second-order valence-corrected chi connectivity index (χ2v) is 6.94. The SMILES string of the molecule is CCCC(=O)Nc1cccc(CNC(=O)c2[nH]c3c(c2C)C(=O)CCC3)c1. The molecule has 1 aliphatic rings. The van der Waals surface area contributed by atoms with Crippen LogP contribution in [0.1, 0.15) is 70.3 Å². The topological polar surface area (TPSA) is 91.1 Å². The van der Waals surface area contributed by atoms with Crippen LogP contribution in [0.4, 0.5) is 5.69 Å². The lowest BCUT2D eigenvalue weighted by atomic mass is 9.94. The molecule has 3 rings (SSSR count). The van der Waals surface area contributed by atoms with E-state index in [1.54, 1.807) is 0 Å². The number of Topliss-reactive ketones (excluding diaryl/α,β-unsaturated/α-hetero) is 1. The fourth-order valence-electron chi connectivity index (χ4n) is 3.48. The molecule has 3 N–H and O–H groups in total. The molecule has 6 heteroatoms. The Morgan fingerprint density at radius 1 is 1.22 bits per heavy atom. The Labute approximate surface area is 158 Å². The normalized spacial score (nSPS) is 13.2. The monoisotopic (exact) mass is 367 g/mol. The lowest BCUT2D eigenvalue weighted by Gasteiger charge is -2.09. The minimum Gasteiger partial charge on any atom is -0.354 e. The van der Waals surface area contributed by atoms with E-state index in [0.29, 0.717) is 30.6 Å². The van der Waals surface area contributed by atoms with Gasteiger partial charge in [-0.15, -0.1) is 0 Å². The number of carbonyl (C=O) groups is 3. The highest BCUT2D eigenvalue weighted by molar-refractivity contribution is 6.04. The van der Waals surface area contributed by atoms with E-state index in [2.05, 4.69) is 15.6 Å².